The standard InChI is InChI=1S/C14H24N2O2/c1-4-18-14(17)11(2)9-16-8-7-12-5-6-13(10-16)15(12)3/h12-13H,2,4-10H2,1,3H3. The molecule has 2 heterocycles. The first-order valence-electron chi connectivity index (χ1n) is 6.91. The van der Waals surface area contributed by atoms with E-state index in [4.69, 9.17) is 4.74 Å². The smallest absolute Gasteiger partial charge is 0.334 e. The minimum absolute atomic E-state index is 0.250. The lowest BCUT2D eigenvalue weighted by atomic mass is 10.1. The van der Waals surface area contributed by atoms with Crippen molar-refractivity contribution >= 4 is 5.97 Å². The number of ether oxygens (including phenoxy) is 1. The Bertz CT molecular complexity index is 330. The molecule has 2 fully saturated rings. The summed E-state index contributed by atoms with van der Waals surface area (Å²) in [6.07, 6.45) is 3.81. The Kier molecular flexibility index (Phi) is 4.40. The lowest BCUT2D eigenvalue weighted by Gasteiger charge is -2.25. The Morgan fingerprint density at radius 2 is 2.06 bits per heavy atom. The molecule has 2 saturated heterocycles. The van der Waals surface area contributed by atoms with Gasteiger partial charge in [-0.15, -0.1) is 0 Å². The molecule has 0 radical (unpaired) electrons. The third-order valence-corrected chi connectivity index (χ3v) is 4.21. The maximum atomic E-state index is 11.6. The molecule has 0 N–H and O–H groups in total. The van der Waals surface area contributed by atoms with E-state index in [0.29, 0.717) is 24.8 Å². The summed E-state index contributed by atoms with van der Waals surface area (Å²) in [6, 6.07) is 1.38. The molecule has 18 heavy (non-hydrogen) atoms. The largest absolute Gasteiger partial charge is 0.463 e. The number of rotatable bonds is 4. The van der Waals surface area contributed by atoms with Crippen molar-refractivity contribution in [2.45, 2.75) is 38.3 Å². The van der Waals surface area contributed by atoms with E-state index in [9.17, 15) is 4.79 Å². The van der Waals surface area contributed by atoms with Crippen LogP contribution in [0, 0.1) is 0 Å². The van der Waals surface area contributed by atoms with Crippen LogP contribution in [0.4, 0.5) is 0 Å². The third kappa shape index (κ3) is 2.93. The van der Waals surface area contributed by atoms with Crippen molar-refractivity contribution in [2.24, 2.45) is 0 Å². The molecule has 2 aliphatic rings. The van der Waals surface area contributed by atoms with Crippen molar-refractivity contribution in [3.8, 4) is 0 Å². The van der Waals surface area contributed by atoms with Crippen molar-refractivity contribution < 1.29 is 9.53 Å². The molecule has 2 bridgehead atoms. The van der Waals surface area contributed by atoms with Crippen LogP contribution in [-0.2, 0) is 9.53 Å². The maximum absolute atomic E-state index is 11.6. The first kappa shape index (κ1) is 13.6. The van der Waals surface area contributed by atoms with Crippen LogP contribution in [0.25, 0.3) is 0 Å². The van der Waals surface area contributed by atoms with Crippen molar-refractivity contribution in [1.82, 2.24) is 9.80 Å². The van der Waals surface area contributed by atoms with Gasteiger partial charge in [0, 0.05) is 37.3 Å². The molecule has 4 heteroatoms. The SMILES string of the molecule is C=C(CN1CCC2CCC(C1)N2C)C(=O)OCC. The van der Waals surface area contributed by atoms with Crippen LogP contribution < -0.4 is 0 Å². The first-order chi connectivity index (χ1) is 8.61. The Labute approximate surface area is 110 Å². The minimum Gasteiger partial charge on any atom is -0.463 e. The molecule has 0 aromatic carbocycles. The van der Waals surface area contributed by atoms with Gasteiger partial charge in [0.25, 0.3) is 0 Å². The second-order valence-electron chi connectivity index (χ2n) is 5.40. The Hall–Kier alpha value is -0.870. The summed E-state index contributed by atoms with van der Waals surface area (Å²) in [5.74, 6) is -0.250. The molecule has 2 rings (SSSR count). The van der Waals surface area contributed by atoms with Gasteiger partial charge < -0.3 is 4.74 Å². The van der Waals surface area contributed by atoms with Gasteiger partial charge in [-0.1, -0.05) is 6.58 Å². The second kappa shape index (κ2) is 5.85. The van der Waals surface area contributed by atoms with Crippen LogP contribution in [0.2, 0.25) is 0 Å². The van der Waals surface area contributed by atoms with E-state index in [1.54, 1.807) is 0 Å². The zero-order valence-electron chi connectivity index (χ0n) is 11.5. The Morgan fingerprint density at radius 3 is 2.78 bits per heavy atom. The van der Waals surface area contributed by atoms with Gasteiger partial charge in [0.05, 0.1) is 6.61 Å². The minimum atomic E-state index is -0.250. The summed E-state index contributed by atoms with van der Waals surface area (Å²) >= 11 is 0. The normalized spacial score (nSPS) is 29.0. The Balaban J connectivity index is 1.87. The second-order valence-corrected chi connectivity index (χ2v) is 5.40. The lowest BCUT2D eigenvalue weighted by Crippen LogP contribution is -2.38. The number of carbonyl (C=O) groups excluding carboxylic acids is 1. The van der Waals surface area contributed by atoms with Crippen molar-refractivity contribution in [3.63, 3.8) is 0 Å². The van der Waals surface area contributed by atoms with Gasteiger partial charge in [0.2, 0.25) is 0 Å². The molecule has 0 amide bonds. The molecule has 2 atom stereocenters. The number of hydrogen-bond acceptors (Lipinski definition) is 4. The van der Waals surface area contributed by atoms with Gasteiger partial charge in [-0.2, -0.15) is 0 Å². The fourth-order valence-corrected chi connectivity index (χ4v) is 3.09. The Morgan fingerprint density at radius 1 is 1.33 bits per heavy atom. The molecule has 0 saturated carbocycles. The van der Waals surface area contributed by atoms with Crippen LogP contribution in [-0.4, -0.2) is 61.1 Å². The van der Waals surface area contributed by atoms with Crippen LogP contribution in [0.15, 0.2) is 12.2 Å². The summed E-state index contributed by atoms with van der Waals surface area (Å²) < 4.78 is 4.98. The summed E-state index contributed by atoms with van der Waals surface area (Å²) in [7, 11) is 2.23. The number of fused-ring (bicyclic) bond motifs is 2. The van der Waals surface area contributed by atoms with Gasteiger partial charge in [-0.25, -0.2) is 4.79 Å². The molecule has 0 aromatic heterocycles. The van der Waals surface area contributed by atoms with E-state index < -0.39 is 0 Å². The van der Waals surface area contributed by atoms with E-state index in [-0.39, 0.29) is 5.97 Å². The molecule has 4 nitrogen and oxygen atoms in total. The van der Waals surface area contributed by atoms with Gasteiger partial charge in [0.1, 0.15) is 0 Å². The summed E-state index contributed by atoms with van der Waals surface area (Å²) in [4.78, 5) is 16.4. The highest BCUT2D eigenvalue weighted by Crippen LogP contribution is 2.28. The number of nitrogens with zero attached hydrogens (tertiary/aromatic N) is 2. The number of carbonyl (C=O) groups is 1. The van der Waals surface area contributed by atoms with Crippen molar-refractivity contribution in [1.29, 1.82) is 0 Å². The third-order valence-electron chi connectivity index (χ3n) is 4.21. The summed E-state index contributed by atoms with van der Waals surface area (Å²) in [5.41, 5.74) is 0.581. The van der Waals surface area contributed by atoms with Gasteiger partial charge in [0.15, 0.2) is 0 Å². The zero-order chi connectivity index (χ0) is 13.1. The van der Waals surface area contributed by atoms with Gasteiger partial charge in [-0.3, -0.25) is 9.80 Å². The number of likely N-dealkylation sites (N-methyl/N-ethyl adjacent to an activating group) is 1. The molecule has 0 aromatic rings. The van der Waals surface area contributed by atoms with E-state index in [1.807, 2.05) is 6.92 Å². The van der Waals surface area contributed by atoms with Crippen LogP contribution in [0.1, 0.15) is 26.2 Å². The zero-order valence-corrected chi connectivity index (χ0v) is 11.5. The predicted molar refractivity (Wildman–Crippen MR) is 71.4 cm³/mol. The quantitative estimate of drug-likeness (QED) is 0.557. The fourth-order valence-electron chi connectivity index (χ4n) is 3.09. The highest BCUT2D eigenvalue weighted by atomic mass is 16.5. The molecule has 102 valence electrons. The molecular weight excluding hydrogens is 228 g/mol. The van der Waals surface area contributed by atoms with E-state index >= 15 is 0 Å². The lowest BCUT2D eigenvalue weighted by molar-refractivity contribution is -0.138. The van der Waals surface area contributed by atoms with Crippen molar-refractivity contribution in [2.75, 3.05) is 33.3 Å². The number of esters is 1. The van der Waals surface area contributed by atoms with Gasteiger partial charge >= 0.3 is 5.97 Å². The molecule has 2 aliphatic heterocycles. The summed E-state index contributed by atoms with van der Waals surface area (Å²) in [6.45, 7) is 8.85. The van der Waals surface area contributed by atoms with Crippen LogP contribution in [0.5, 0.6) is 0 Å². The topological polar surface area (TPSA) is 32.8 Å². The van der Waals surface area contributed by atoms with E-state index in [0.717, 1.165) is 19.1 Å². The average Bonchev–Trinajstić information content (AvgIpc) is 2.57. The predicted octanol–water partition coefficient (Wildman–Crippen LogP) is 1.27. The van der Waals surface area contributed by atoms with E-state index in [1.165, 1.54) is 19.3 Å². The molecule has 2 unspecified atom stereocenters. The first-order valence-corrected chi connectivity index (χ1v) is 6.91. The van der Waals surface area contributed by atoms with Crippen LogP contribution in [0.3, 0.4) is 0 Å². The highest BCUT2D eigenvalue weighted by molar-refractivity contribution is 5.88. The monoisotopic (exact) mass is 252 g/mol. The fraction of sp³-hybridized carbons (Fsp3) is 0.786. The summed E-state index contributed by atoms with van der Waals surface area (Å²) in [5, 5.41) is 0. The number of likely N-dealkylation sites (tertiary alicyclic amines) is 1. The molecule has 0 spiro atoms. The van der Waals surface area contributed by atoms with E-state index in [2.05, 4.69) is 23.4 Å². The van der Waals surface area contributed by atoms with Crippen molar-refractivity contribution in [3.05, 3.63) is 12.2 Å². The average molecular weight is 252 g/mol. The highest BCUT2D eigenvalue weighted by Gasteiger charge is 2.34. The molecule has 0 aliphatic carbocycles. The molecular formula is C14H24N2O2. The maximum Gasteiger partial charge on any atom is 0.334 e. The number of hydrogen-bond donors (Lipinski definition) is 0. The van der Waals surface area contributed by atoms with Gasteiger partial charge in [-0.05, 0) is 33.2 Å². The van der Waals surface area contributed by atoms with Crippen LogP contribution >= 0.6 is 0 Å².